The van der Waals surface area contributed by atoms with Crippen LogP contribution >= 0.6 is 11.8 Å². The molecule has 1 unspecified atom stereocenters. The Labute approximate surface area is 143 Å². The van der Waals surface area contributed by atoms with Crippen molar-refractivity contribution in [1.29, 1.82) is 0 Å². The molecule has 1 amide bonds. The molecule has 4 nitrogen and oxygen atoms in total. The Hall–Kier alpha value is -2.34. The van der Waals surface area contributed by atoms with Crippen molar-refractivity contribution >= 4 is 24.0 Å². The van der Waals surface area contributed by atoms with Gasteiger partial charge in [0, 0.05) is 10.6 Å². The fraction of sp³-hybridized carbons (Fsp3) is 0.222. The maximum atomic E-state index is 13.5. The first kappa shape index (κ1) is 16.5. The average Bonchev–Trinajstić information content (AvgIpc) is 2.60. The molecular weight excluding hydrogens is 329 g/mol. The van der Waals surface area contributed by atoms with Crippen molar-refractivity contribution in [2.75, 3.05) is 12.4 Å². The van der Waals surface area contributed by atoms with Crippen molar-refractivity contribution in [3.05, 3.63) is 59.4 Å². The summed E-state index contributed by atoms with van der Waals surface area (Å²) in [4.78, 5) is 24.1. The summed E-state index contributed by atoms with van der Waals surface area (Å²) in [7, 11) is 0. The zero-order valence-corrected chi connectivity index (χ0v) is 13.6. The summed E-state index contributed by atoms with van der Waals surface area (Å²) in [5.74, 6) is 0.612. The summed E-state index contributed by atoms with van der Waals surface area (Å²) >= 11 is 1.66. The van der Waals surface area contributed by atoms with Gasteiger partial charge in [0.25, 0.3) is 5.91 Å². The minimum Gasteiger partial charge on any atom is -0.483 e. The summed E-state index contributed by atoms with van der Waals surface area (Å²) in [6.45, 7) is -0.195. The van der Waals surface area contributed by atoms with Gasteiger partial charge in [0.1, 0.15) is 11.6 Å². The molecule has 0 fully saturated rings. The first-order valence-corrected chi connectivity index (χ1v) is 8.54. The molecule has 0 spiro atoms. The second-order valence-corrected chi connectivity index (χ2v) is 6.52. The van der Waals surface area contributed by atoms with Crippen molar-refractivity contribution in [3.63, 3.8) is 0 Å². The van der Waals surface area contributed by atoms with E-state index in [4.69, 9.17) is 4.74 Å². The van der Waals surface area contributed by atoms with Gasteiger partial charge in [0.05, 0.1) is 11.6 Å². The van der Waals surface area contributed by atoms with Gasteiger partial charge in [-0.15, -0.1) is 11.8 Å². The van der Waals surface area contributed by atoms with Gasteiger partial charge < -0.3 is 10.1 Å². The number of benzene rings is 2. The van der Waals surface area contributed by atoms with E-state index >= 15 is 0 Å². The van der Waals surface area contributed by atoms with Crippen LogP contribution in [0.2, 0.25) is 0 Å². The van der Waals surface area contributed by atoms with Crippen LogP contribution < -0.4 is 10.1 Å². The molecule has 0 aliphatic carbocycles. The summed E-state index contributed by atoms with van der Waals surface area (Å²) in [5, 5.41) is 2.88. The number of carbonyl (C=O) groups is 2. The summed E-state index contributed by atoms with van der Waals surface area (Å²) < 4.78 is 18.9. The predicted octanol–water partition coefficient (Wildman–Crippen LogP) is 3.37. The molecule has 1 heterocycles. The molecule has 0 radical (unpaired) electrons. The van der Waals surface area contributed by atoms with E-state index in [0.717, 1.165) is 22.6 Å². The van der Waals surface area contributed by atoms with Crippen molar-refractivity contribution < 1.29 is 18.7 Å². The first-order valence-electron chi connectivity index (χ1n) is 7.56. The topological polar surface area (TPSA) is 55.4 Å². The van der Waals surface area contributed by atoms with E-state index in [1.54, 1.807) is 42.1 Å². The molecule has 2 aromatic rings. The Balaban J connectivity index is 1.64. The molecule has 124 valence electrons. The van der Waals surface area contributed by atoms with E-state index in [9.17, 15) is 14.0 Å². The molecule has 1 aliphatic rings. The highest BCUT2D eigenvalue weighted by atomic mass is 32.2. The van der Waals surface area contributed by atoms with Crippen LogP contribution in [0.25, 0.3) is 0 Å². The Morgan fingerprint density at radius 3 is 3.00 bits per heavy atom. The highest BCUT2D eigenvalue weighted by Crippen LogP contribution is 2.36. The molecule has 1 N–H and O–H groups in total. The van der Waals surface area contributed by atoms with E-state index in [-0.39, 0.29) is 24.4 Å². The van der Waals surface area contributed by atoms with Crippen LogP contribution in [0.1, 0.15) is 28.4 Å². The second-order valence-electron chi connectivity index (χ2n) is 5.38. The first-order chi connectivity index (χ1) is 11.7. The van der Waals surface area contributed by atoms with Gasteiger partial charge in [-0.2, -0.15) is 0 Å². The number of carbonyl (C=O) groups excluding carboxylic acids is 2. The third-order valence-corrected chi connectivity index (χ3v) is 4.87. The molecule has 0 saturated carbocycles. The average molecular weight is 345 g/mol. The van der Waals surface area contributed by atoms with Gasteiger partial charge in [-0.05, 0) is 42.3 Å². The number of amides is 1. The lowest BCUT2D eigenvalue weighted by atomic mass is 10.0. The van der Waals surface area contributed by atoms with Crippen LogP contribution in [-0.4, -0.2) is 24.6 Å². The van der Waals surface area contributed by atoms with Crippen LogP contribution in [0.5, 0.6) is 5.75 Å². The van der Waals surface area contributed by atoms with E-state index in [2.05, 4.69) is 5.32 Å². The third-order valence-electron chi connectivity index (χ3n) is 3.75. The van der Waals surface area contributed by atoms with Crippen molar-refractivity contribution in [2.45, 2.75) is 17.4 Å². The van der Waals surface area contributed by atoms with E-state index < -0.39 is 0 Å². The number of fused-ring (bicyclic) bond motifs is 1. The van der Waals surface area contributed by atoms with Crippen LogP contribution in [0.3, 0.4) is 0 Å². The zero-order valence-electron chi connectivity index (χ0n) is 12.8. The minimum atomic E-state index is -0.313. The maximum absolute atomic E-state index is 13.5. The van der Waals surface area contributed by atoms with Gasteiger partial charge in [0.2, 0.25) is 0 Å². The fourth-order valence-corrected chi connectivity index (χ4v) is 3.71. The number of thioether (sulfide) groups is 1. The number of hydrogen-bond acceptors (Lipinski definition) is 4. The van der Waals surface area contributed by atoms with Gasteiger partial charge in [-0.25, -0.2) is 4.39 Å². The molecule has 0 aromatic heterocycles. The molecule has 0 bridgehead atoms. The number of rotatable bonds is 5. The SMILES string of the molecule is O=Cc1ccccc1OCC(=O)NC1CCSc2ccc(F)cc21. The Morgan fingerprint density at radius 1 is 1.33 bits per heavy atom. The Bertz CT molecular complexity index is 766. The summed E-state index contributed by atoms with van der Waals surface area (Å²) in [5.41, 5.74) is 1.19. The van der Waals surface area contributed by atoms with Crippen molar-refractivity contribution in [3.8, 4) is 5.75 Å². The molecule has 6 heteroatoms. The van der Waals surface area contributed by atoms with Gasteiger partial charge in [-0.1, -0.05) is 12.1 Å². The van der Waals surface area contributed by atoms with Crippen LogP contribution in [0, 0.1) is 5.82 Å². The normalized spacial score (nSPS) is 16.1. The highest BCUT2D eigenvalue weighted by Gasteiger charge is 2.23. The lowest BCUT2D eigenvalue weighted by molar-refractivity contribution is -0.123. The van der Waals surface area contributed by atoms with Gasteiger partial charge in [0.15, 0.2) is 12.9 Å². The fourth-order valence-electron chi connectivity index (χ4n) is 2.60. The van der Waals surface area contributed by atoms with Crippen LogP contribution in [0.4, 0.5) is 4.39 Å². The van der Waals surface area contributed by atoms with E-state index in [1.165, 1.54) is 12.1 Å². The Kier molecular flexibility index (Phi) is 5.15. The maximum Gasteiger partial charge on any atom is 0.258 e. The largest absolute Gasteiger partial charge is 0.483 e. The number of ether oxygens (including phenoxy) is 1. The number of halogens is 1. The Morgan fingerprint density at radius 2 is 2.17 bits per heavy atom. The van der Waals surface area contributed by atoms with Gasteiger partial charge >= 0.3 is 0 Å². The van der Waals surface area contributed by atoms with Crippen molar-refractivity contribution in [2.24, 2.45) is 0 Å². The van der Waals surface area contributed by atoms with Crippen molar-refractivity contribution in [1.82, 2.24) is 5.32 Å². The second kappa shape index (κ2) is 7.49. The molecule has 0 saturated heterocycles. The smallest absolute Gasteiger partial charge is 0.258 e. The summed E-state index contributed by atoms with van der Waals surface area (Å²) in [6, 6.07) is 11.1. The lowest BCUT2D eigenvalue weighted by Gasteiger charge is -2.26. The van der Waals surface area contributed by atoms with Crippen LogP contribution in [0.15, 0.2) is 47.4 Å². The number of hydrogen-bond donors (Lipinski definition) is 1. The number of aldehydes is 1. The predicted molar refractivity (Wildman–Crippen MR) is 89.9 cm³/mol. The minimum absolute atomic E-state index is 0.195. The lowest BCUT2D eigenvalue weighted by Crippen LogP contribution is -2.34. The molecule has 1 atom stereocenters. The standard InChI is InChI=1S/C18H16FNO3S/c19-13-5-6-17-14(9-13)15(7-8-24-17)20-18(22)11-23-16-4-2-1-3-12(16)10-21/h1-6,9-10,15H,7-8,11H2,(H,20,22). The number of para-hydroxylation sites is 1. The van der Waals surface area contributed by atoms with Gasteiger partial charge in [-0.3, -0.25) is 9.59 Å². The van der Waals surface area contributed by atoms with Crippen LogP contribution in [-0.2, 0) is 4.79 Å². The molecule has 3 rings (SSSR count). The quantitative estimate of drug-likeness (QED) is 0.844. The monoisotopic (exact) mass is 345 g/mol. The zero-order chi connectivity index (χ0) is 16.9. The molecule has 2 aromatic carbocycles. The molecule has 1 aliphatic heterocycles. The highest BCUT2D eigenvalue weighted by molar-refractivity contribution is 7.99. The number of nitrogens with one attached hydrogen (secondary N) is 1. The summed E-state index contributed by atoms with van der Waals surface area (Å²) in [6.07, 6.45) is 1.42. The molecule has 24 heavy (non-hydrogen) atoms. The molecular formula is C18H16FNO3S. The van der Waals surface area contributed by atoms with E-state index in [1.807, 2.05) is 0 Å². The third kappa shape index (κ3) is 3.76. The van der Waals surface area contributed by atoms with E-state index in [0.29, 0.717) is 17.6 Å².